The summed E-state index contributed by atoms with van der Waals surface area (Å²) in [5, 5.41) is 0. The number of aromatic nitrogens is 2. The Labute approximate surface area is 80.2 Å². The van der Waals surface area contributed by atoms with Crippen LogP contribution in [-0.2, 0) is 10.4 Å². The van der Waals surface area contributed by atoms with Crippen LogP contribution in [0.5, 0.6) is 0 Å². The van der Waals surface area contributed by atoms with Gasteiger partial charge in [-0.2, -0.15) is 8.42 Å². The highest BCUT2D eigenvalue weighted by Crippen LogP contribution is 2.05. The molecule has 0 saturated heterocycles. The lowest BCUT2D eigenvalue weighted by molar-refractivity contribution is 0.381. The summed E-state index contributed by atoms with van der Waals surface area (Å²) in [7, 11) is -4.67. The Morgan fingerprint density at radius 1 is 1.29 bits per heavy atom. The van der Waals surface area contributed by atoms with Crippen molar-refractivity contribution >= 4 is 21.4 Å². The van der Waals surface area contributed by atoms with Crippen molar-refractivity contribution in [3.63, 3.8) is 0 Å². The fourth-order valence-electron chi connectivity index (χ4n) is 0.883. The monoisotopic (exact) mass is 216 g/mol. The third-order valence-electron chi connectivity index (χ3n) is 1.32. The number of nitrogens with zero attached hydrogens (tertiary/aromatic N) is 1. The van der Waals surface area contributed by atoms with Gasteiger partial charge in [-0.15, -0.1) is 0 Å². The summed E-state index contributed by atoms with van der Waals surface area (Å²) in [6, 6.07) is 5.87. The maximum atomic E-state index is 8.74. The second-order valence-corrected chi connectivity index (χ2v) is 3.26. The fourth-order valence-corrected chi connectivity index (χ4v) is 0.883. The molecule has 0 fully saturated rings. The van der Waals surface area contributed by atoms with Gasteiger partial charge < -0.3 is 4.98 Å². The second-order valence-electron chi connectivity index (χ2n) is 2.36. The molecule has 0 aliphatic rings. The van der Waals surface area contributed by atoms with Gasteiger partial charge in [0.25, 0.3) is 0 Å². The average Bonchev–Trinajstić information content (AvgIpc) is 2.47. The number of nitrogens with one attached hydrogen (secondary N) is 1. The summed E-state index contributed by atoms with van der Waals surface area (Å²) in [5.41, 5.74) is 2.12. The van der Waals surface area contributed by atoms with Gasteiger partial charge in [0, 0.05) is 12.4 Å². The third-order valence-corrected chi connectivity index (χ3v) is 1.32. The third kappa shape index (κ3) is 3.99. The van der Waals surface area contributed by atoms with Gasteiger partial charge in [-0.3, -0.25) is 14.1 Å². The van der Waals surface area contributed by atoms with Crippen LogP contribution in [-0.4, -0.2) is 27.5 Å². The molecule has 0 aliphatic carbocycles. The molecule has 2 aromatic heterocycles. The Morgan fingerprint density at radius 2 is 1.93 bits per heavy atom. The van der Waals surface area contributed by atoms with Crippen molar-refractivity contribution < 1.29 is 17.5 Å². The molecular formula is C7H8N2O4S. The number of H-pyrrole nitrogens is 1. The highest BCUT2D eigenvalue weighted by Gasteiger charge is 1.88. The van der Waals surface area contributed by atoms with Gasteiger partial charge >= 0.3 is 10.4 Å². The smallest absolute Gasteiger partial charge is 0.360 e. The minimum atomic E-state index is -4.67. The first kappa shape index (κ1) is 10.6. The van der Waals surface area contributed by atoms with Crippen LogP contribution in [0, 0.1) is 0 Å². The number of aromatic amines is 1. The van der Waals surface area contributed by atoms with E-state index in [0.717, 1.165) is 11.0 Å². The summed E-state index contributed by atoms with van der Waals surface area (Å²) < 4.78 is 31.6. The zero-order chi connectivity index (χ0) is 10.6. The van der Waals surface area contributed by atoms with E-state index in [1.54, 1.807) is 6.20 Å². The zero-order valence-electron chi connectivity index (χ0n) is 6.95. The minimum Gasteiger partial charge on any atom is -0.360 e. The summed E-state index contributed by atoms with van der Waals surface area (Å²) >= 11 is 0. The van der Waals surface area contributed by atoms with E-state index in [1.807, 2.05) is 24.4 Å². The van der Waals surface area contributed by atoms with E-state index >= 15 is 0 Å². The van der Waals surface area contributed by atoms with E-state index in [4.69, 9.17) is 17.5 Å². The molecule has 0 amide bonds. The number of rotatable bonds is 0. The first-order chi connectivity index (χ1) is 6.47. The molecule has 0 atom stereocenters. The van der Waals surface area contributed by atoms with Gasteiger partial charge in [0.1, 0.15) is 0 Å². The van der Waals surface area contributed by atoms with Gasteiger partial charge in [0.05, 0.1) is 11.0 Å². The van der Waals surface area contributed by atoms with E-state index < -0.39 is 10.4 Å². The minimum absolute atomic E-state index is 1.03. The van der Waals surface area contributed by atoms with E-state index in [-0.39, 0.29) is 0 Å². The molecule has 2 rings (SSSR count). The van der Waals surface area contributed by atoms with Crippen LogP contribution >= 0.6 is 0 Å². The summed E-state index contributed by atoms with van der Waals surface area (Å²) in [4.78, 5) is 7.17. The molecule has 0 bridgehead atoms. The van der Waals surface area contributed by atoms with E-state index in [9.17, 15) is 0 Å². The normalized spacial score (nSPS) is 10.7. The highest BCUT2D eigenvalue weighted by atomic mass is 32.3. The summed E-state index contributed by atoms with van der Waals surface area (Å²) in [6.07, 6.45) is 3.67. The lowest BCUT2D eigenvalue weighted by atomic mass is 10.4. The lowest BCUT2D eigenvalue weighted by Crippen LogP contribution is -1.89. The predicted molar refractivity (Wildman–Crippen MR) is 50.3 cm³/mol. The van der Waals surface area contributed by atoms with Crippen molar-refractivity contribution in [3.8, 4) is 0 Å². The number of hydrogen-bond acceptors (Lipinski definition) is 3. The van der Waals surface area contributed by atoms with Crippen molar-refractivity contribution in [1.82, 2.24) is 9.97 Å². The molecular weight excluding hydrogens is 208 g/mol. The number of hydrogen-bond donors (Lipinski definition) is 3. The Hall–Kier alpha value is -1.44. The van der Waals surface area contributed by atoms with Crippen LogP contribution in [0.4, 0.5) is 0 Å². The van der Waals surface area contributed by atoms with Gasteiger partial charge in [-0.05, 0) is 18.2 Å². The molecule has 0 spiro atoms. The molecule has 0 aliphatic heterocycles. The standard InChI is InChI=1S/C7H6N2.H2O4S/c1-2-6-7(8-4-1)3-5-9-6;1-5(2,3)4/h1-5,9H;(H2,1,2,3,4). The van der Waals surface area contributed by atoms with Gasteiger partial charge in [-0.25, -0.2) is 0 Å². The predicted octanol–water partition coefficient (Wildman–Crippen LogP) is 0.910. The van der Waals surface area contributed by atoms with E-state index in [0.29, 0.717) is 0 Å². The Morgan fingerprint density at radius 3 is 2.50 bits per heavy atom. The van der Waals surface area contributed by atoms with Crippen LogP contribution < -0.4 is 0 Å². The molecule has 0 saturated carbocycles. The van der Waals surface area contributed by atoms with Crippen molar-refractivity contribution in [3.05, 3.63) is 30.6 Å². The van der Waals surface area contributed by atoms with Gasteiger partial charge in [0.2, 0.25) is 0 Å². The molecule has 2 heterocycles. The van der Waals surface area contributed by atoms with Crippen LogP contribution in [0.3, 0.4) is 0 Å². The van der Waals surface area contributed by atoms with Crippen LogP contribution in [0.15, 0.2) is 30.6 Å². The maximum absolute atomic E-state index is 8.74. The molecule has 0 unspecified atom stereocenters. The van der Waals surface area contributed by atoms with Crippen molar-refractivity contribution in [2.75, 3.05) is 0 Å². The Bertz CT molecular complexity index is 467. The largest absolute Gasteiger partial charge is 0.394 e. The fraction of sp³-hybridized carbons (Fsp3) is 0. The Kier molecular flexibility index (Phi) is 3.18. The van der Waals surface area contributed by atoms with Crippen molar-refractivity contribution in [1.29, 1.82) is 0 Å². The molecule has 2 aromatic rings. The highest BCUT2D eigenvalue weighted by molar-refractivity contribution is 7.79. The topological polar surface area (TPSA) is 103 Å². The summed E-state index contributed by atoms with van der Waals surface area (Å²) in [6.45, 7) is 0. The molecule has 7 heteroatoms. The zero-order valence-corrected chi connectivity index (χ0v) is 7.77. The molecule has 0 aromatic carbocycles. The molecule has 3 N–H and O–H groups in total. The molecule has 14 heavy (non-hydrogen) atoms. The quantitative estimate of drug-likeness (QED) is 0.568. The average molecular weight is 216 g/mol. The second kappa shape index (κ2) is 4.18. The van der Waals surface area contributed by atoms with Crippen LogP contribution in [0.1, 0.15) is 0 Å². The van der Waals surface area contributed by atoms with E-state index in [2.05, 4.69) is 9.97 Å². The van der Waals surface area contributed by atoms with E-state index in [1.165, 1.54) is 0 Å². The number of fused-ring (bicyclic) bond motifs is 1. The first-order valence-electron chi connectivity index (χ1n) is 3.55. The van der Waals surface area contributed by atoms with Crippen molar-refractivity contribution in [2.45, 2.75) is 0 Å². The van der Waals surface area contributed by atoms with Crippen LogP contribution in [0.25, 0.3) is 11.0 Å². The van der Waals surface area contributed by atoms with Gasteiger partial charge in [-0.1, -0.05) is 0 Å². The molecule has 76 valence electrons. The van der Waals surface area contributed by atoms with Gasteiger partial charge in [0.15, 0.2) is 0 Å². The molecule has 0 radical (unpaired) electrons. The first-order valence-corrected chi connectivity index (χ1v) is 4.94. The van der Waals surface area contributed by atoms with Crippen LogP contribution in [0.2, 0.25) is 0 Å². The van der Waals surface area contributed by atoms with Crippen molar-refractivity contribution in [2.24, 2.45) is 0 Å². The molecule has 6 nitrogen and oxygen atoms in total. The summed E-state index contributed by atoms with van der Waals surface area (Å²) in [5.74, 6) is 0. The Balaban J connectivity index is 0.000000171. The number of pyridine rings is 1. The SMILES string of the molecule is O=S(=O)(O)O.c1cnc2cc[nH]c2c1. The lowest BCUT2D eigenvalue weighted by Gasteiger charge is -1.82. The maximum Gasteiger partial charge on any atom is 0.394 e.